The van der Waals surface area contributed by atoms with Crippen molar-refractivity contribution in [1.29, 1.82) is 0 Å². The van der Waals surface area contributed by atoms with E-state index in [-0.39, 0.29) is 23.8 Å². The lowest BCUT2D eigenvalue weighted by Gasteiger charge is -2.39. The van der Waals surface area contributed by atoms with E-state index in [1.165, 1.54) is 0 Å². The number of likely N-dealkylation sites (tertiary alicyclic amines) is 1. The Morgan fingerprint density at radius 1 is 1.28 bits per heavy atom. The number of hydrogen-bond donors (Lipinski definition) is 1. The molecule has 6 heteroatoms. The summed E-state index contributed by atoms with van der Waals surface area (Å²) in [7, 11) is 3.37. The van der Waals surface area contributed by atoms with Crippen LogP contribution in [0.15, 0.2) is 18.2 Å². The number of carbonyl (C=O) groups excluding carboxylic acids is 1. The number of ether oxygens (including phenoxy) is 3. The fraction of sp³-hybridized carbons (Fsp3) is 0.632. The molecule has 0 aromatic heterocycles. The number of fused-ring (bicyclic) bond motifs is 1. The second-order valence-electron chi connectivity index (χ2n) is 7.39. The third-order valence-electron chi connectivity index (χ3n) is 5.03. The van der Waals surface area contributed by atoms with Gasteiger partial charge in [0.25, 0.3) is 0 Å². The Kier molecular flexibility index (Phi) is 5.08. The van der Waals surface area contributed by atoms with Crippen molar-refractivity contribution in [3.05, 3.63) is 23.8 Å². The molecule has 6 nitrogen and oxygen atoms in total. The molecule has 1 atom stereocenters. The smallest absolute Gasteiger partial charge is 0.317 e. The minimum Gasteiger partial charge on any atom is -0.497 e. The number of urea groups is 1. The van der Waals surface area contributed by atoms with Crippen molar-refractivity contribution in [3.63, 3.8) is 0 Å². The SMILES string of the molecule is COc1ccc2c(c1)[C@@H](NC(=O)N1CCC(OC)CC1)CC(C)(C)O2. The molecule has 2 amide bonds. The van der Waals surface area contributed by atoms with Gasteiger partial charge in [0.05, 0.1) is 19.3 Å². The first-order valence-electron chi connectivity index (χ1n) is 8.87. The van der Waals surface area contributed by atoms with Crippen LogP contribution in [0.4, 0.5) is 4.79 Å². The lowest BCUT2D eigenvalue weighted by molar-refractivity contribution is 0.0467. The largest absolute Gasteiger partial charge is 0.497 e. The van der Waals surface area contributed by atoms with E-state index in [1.807, 2.05) is 36.9 Å². The van der Waals surface area contributed by atoms with Crippen LogP contribution in [-0.2, 0) is 4.74 Å². The summed E-state index contributed by atoms with van der Waals surface area (Å²) in [6.07, 6.45) is 2.74. The Hall–Kier alpha value is -1.95. The standard InChI is InChI=1S/C19H28N2O4/c1-19(2)12-16(15-11-14(24-4)5-6-17(15)25-19)20-18(22)21-9-7-13(23-3)8-10-21/h5-6,11,13,16H,7-10,12H2,1-4H3,(H,20,22)/t16-/m0/s1. The van der Waals surface area contributed by atoms with E-state index in [4.69, 9.17) is 14.2 Å². The maximum Gasteiger partial charge on any atom is 0.317 e. The van der Waals surface area contributed by atoms with Gasteiger partial charge in [-0.15, -0.1) is 0 Å². The highest BCUT2D eigenvalue weighted by atomic mass is 16.5. The van der Waals surface area contributed by atoms with Gasteiger partial charge in [-0.05, 0) is 44.9 Å². The molecule has 1 N–H and O–H groups in total. The van der Waals surface area contributed by atoms with Crippen molar-refractivity contribution in [2.24, 2.45) is 0 Å². The normalized spacial score (nSPS) is 22.7. The highest BCUT2D eigenvalue weighted by Gasteiger charge is 2.36. The molecular formula is C19H28N2O4. The van der Waals surface area contributed by atoms with Gasteiger partial charge in [-0.1, -0.05) is 0 Å². The van der Waals surface area contributed by atoms with Gasteiger partial charge in [-0.3, -0.25) is 0 Å². The van der Waals surface area contributed by atoms with Gasteiger partial charge < -0.3 is 24.4 Å². The summed E-state index contributed by atoms with van der Waals surface area (Å²) in [6, 6.07) is 5.63. The van der Waals surface area contributed by atoms with Gasteiger partial charge in [0.15, 0.2) is 0 Å². The molecule has 1 fully saturated rings. The minimum atomic E-state index is -0.331. The Morgan fingerprint density at radius 2 is 2.00 bits per heavy atom. The van der Waals surface area contributed by atoms with E-state index in [0.717, 1.165) is 43.0 Å². The highest BCUT2D eigenvalue weighted by molar-refractivity contribution is 5.75. The van der Waals surface area contributed by atoms with Gasteiger partial charge >= 0.3 is 6.03 Å². The number of carbonyl (C=O) groups is 1. The van der Waals surface area contributed by atoms with Crippen molar-refractivity contribution in [2.75, 3.05) is 27.3 Å². The number of benzene rings is 1. The van der Waals surface area contributed by atoms with Crippen LogP contribution >= 0.6 is 0 Å². The maximum absolute atomic E-state index is 12.7. The molecule has 0 bridgehead atoms. The van der Waals surface area contributed by atoms with Crippen molar-refractivity contribution < 1.29 is 19.0 Å². The molecule has 1 aromatic rings. The average molecular weight is 348 g/mol. The lowest BCUT2D eigenvalue weighted by atomic mass is 9.89. The van der Waals surface area contributed by atoms with Crippen LogP contribution in [0.3, 0.4) is 0 Å². The third-order valence-corrected chi connectivity index (χ3v) is 5.03. The molecule has 0 saturated carbocycles. The van der Waals surface area contributed by atoms with Crippen LogP contribution < -0.4 is 14.8 Å². The molecule has 2 heterocycles. The highest BCUT2D eigenvalue weighted by Crippen LogP contribution is 2.41. The predicted molar refractivity (Wildman–Crippen MR) is 95.2 cm³/mol. The van der Waals surface area contributed by atoms with Crippen LogP contribution in [0.1, 0.15) is 44.7 Å². The molecule has 1 saturated heterocycles. The summed E-state index contributed by atoms with van der Waals surface area (Å²) >= 11 is 0. The summed E-state index contributed by atoms with van der Waals surface area (Å²) in [5.74, 6) is 1.57. The second-order valence-corrected chi connectivity index (χ2v) is 7.39. The third kappa shape index (κ3) is 4.00. The van der Waals surface area contributed by atoms with Crippen molar-refractivity contribution >= 4 is 6.03 Å². The summed E-state index contributed by atoms with van der Waals surface area (Å²) in [5.41, 5.74) is 0.640. The van der Waals surface area contributed by atoms with Gasteiger partial charge in [-0.25, -0.2) is 4.79 Å². The monoisotopic (exact) mass is 348 g/mol. The maximum atomic E-state index is 12.7. The zero-order valence-electron chi connectivity index (χ0n) is 15.5. The average Bonchev–Trinajstić information content (AvgIpc) is 2.60. The zero-order valence-corrected chi connectivity index (χ0v) is 15.5. The molecule has 0 unspecified atom stereocenters. The first-order chi connectivity index (χ1) is 11.9. The Bertz CT molecular complexity index is 624. The van der Waals surface area contributed by atoms with Crippen LogP contribution in [-0.4, -0.2) is 49.9 Å². The number of methoxy groups -OCH3 is 2. The van der Waals surface area contributed by atoms with Crippen molar-refractivity contribution in [1.82, 2.24) is 10.2 Å². The van der Waals surface area contributed by atoms with E-state index >= 15 is 0 Å². The molecule has 0 radical (unpaired) electrons. The number of nitrogens with zero attached hydrogens (tertiary/aromatic N) is 1. The van der Waals surface area contributed by atoms with E-state index in [9.17, 15) is 4.79 Å². The van der Waals surface area contributed by atoms with Gasteiger partial charge in [0.2, 0.25) is 0 Å². The summed E-state index contributed by atoms with van der Waals surface area (Å²) in [6.45, 7) is 5.54. The zero-order chi connectivity index (χ0) is 18.0. The van der Waals surface area contributed by atoms with Gasteiger partial charge in [-0.2, -0.15) is 0 Å². The lowest BCUT2D eigenvalue weighted by Crippen LogP contribution is -2.49. The Morgan fingerprint density at radius 3 is 2.64 bits per heavy atom. The quantitative estimate of drug-likeness (QED) is 0.912. The Balaban J connectivity index is 1.74. The summed E-state index contributed by atoms with van der Waals surface area (Å²) in [5, 5.41) is 3.20. The molecule has 2 aliphatic heterocycles. The fourth-order valence-electron chi connectivity index (χ4n) is 3.62. The summed E-state index contributed by atoms with van der Waals surface area (Å²) in [4.78, 5) is 14.6. The topological polar surface area (TPSA) is 60.0 Å². The molecule has 3 rings (SSSR count). The molecular weight excluding hydrogens is 320 g/mol. The number of piperidine rings is 1. The second kappa shape index (κ2) is 7.12. The van der Waals surface area contributed by atoms with Gasteiger partial charge in [0, 0.05) is 32.2 Å². The van der Waals surface area contributed by atoms with Crippen LogP contribution in [0, 0.1) is 0 Å². The van der Waals surface area contributed by atoms with Crippen LogP contribution in [0.25, 0.3) is 0 Å². The minimum absolute atomic E-state index is 0.0222. The molecule has 25 heavy (non-hydrogen) atoms. The number of rotatable bonds is 3. The van der Waals surface area contributed by atoms with E-state index in [2.05, 4.69) is 5.32 Å². The molecule has 0 aliphatic carbocycles. The van der Waals surface area contributed by atoms with Crippen molar-refractivity contribution in [2.45, 2.75) is 50.9 Å². The first kappa shape index (κ1) is 17.9. The van der Waals surface area contributed by atoms with E-state index < -0.39 is 0 Å². The molecule has 1 aromatic carbocycles. The number of hydrogen-bond acceptors (Lipinski definition) is 4. The van der Waals surface area contributed by atoms with Gasteiger partial charge in [0.1, 0.15) is 17.1 Å². The van der Waals surface area contributed by atoms with Crippen LogP contribution in [0.2, 0.25) is 0 Å². The fourth-order valence-corrected chi connectivity index (χ4v) is 3.62. The first-order valence-corrected chi connectivity index (χ1v) is 8.87. The molecule has 2 aliphatic rings. The predicted octanol–water partition coefficient (Wildman–Crippen LogP) is 3.12. The van der Waals surface area contributed by atoms with Crippen LogP contribution in [0.5, 0.6) is 11.5 Å². The summed E-state index contributed by atoms with van der Waals surface area (Å²) < 4.78 is 16.8. The van der Waals surface area contributed by atoms with E-state index in [0.29, 0.717) is 6.42 Å². The molecule has 0 spiro atoms. The molecule has 138 valence electrons. The Labute approximate surface area is 149 Å². The van der Waals surface area contributed by atoms with Crippen molar-refractivity contribution in [3.8, 4) is 11.5 Å². The van der Waals surface area contributed by atoms with E-state index in [1.54, 1.807) is 14.2 Å². The number of nitrogens with one attached hydrogen (secondary N) is 1. The number of amides is 2.